The number of fused-ring (bicyclic) bond motifs is 1. The number of alkyl halides is 3. The van der Waals surface area contributed by atoms with Crippen LogP contribution in [0.4, 0.5) is 18.9 Å². The quantitative estimate of drug-likeness (QED) is 0.628. The molecule has 9 heteroatoms. The van der Waals surface area contributed by atoms with Crippen molar-refractivity contribution in [2.45, 2.75) is 19.0 Å². The first-order chi connectivity index (χ1) is 12.4. The lowest BCUT2D eigenvalue weighted by Gasteiger charge is -2.17. The number of aliphatic imine (C=N–C) groups is 1. The zero-order valence-electron chi connectivity index (χ0n) is 14.4. The van der Waals surface area contributed by atoms with Gasteiger partial charge in [0.15, 0.2) is 17.5 Å². The number of hydrogen-bond acceptors (Lipinski definition) is 4. The van der Waals surface area contributed by atoms with E-state index in [0.29, 0.717) is 50.8 Å². The molecule has 2 heterocycles. The average molecular weight is 372 g/mol. The van der Waals surface area contributed by atoms with E-state index < -0.39 is 12.7 Å². The normalized spacial score (nSPS) is 21.5. The van der Waals surface area contributed by atoms with Gasteiger partial charge in [0.05, 0.1) is 19.8 Å². The smallest absolute Gasteiger partial charge is 0.401 e. The van der Waals surface area contributed by atoms with E-state index in [4.69, 9.17) is 15.2 Å². The predicted molar refractivity (Wildman–Crippen MR) is 92.8 cm³/mol. The van der Waals surface area contributed by atoms with Gasteiger partial charge in [-0.05, 0) is 31.0 Å². The molecule has 0 aliphatic carbocycles. The number of nitrogens with two attached hydrogens (primary N) is 1. The number of anilines is 1. The summed E-state index contributed by atoms with van der Waals surface area (Å²) in [6.45, 7) is 1.58. The van der Waals surface area contributed by atoms with Crippen LogP contribution in [0.25, 0.3) is 0 Å². The molecule has 1 fully saturated rings. The Balaban J connectivity index is 1.51. The SMILES string of the molecule is NC(=NCC1CCN(CC(F)(F)F)C1)Nc1ccc2c(c1)OCCCO2. The fraction of sp³-hybridized carbons (Fsp3) is 0.588. The number of halogens is 3. The molecule has 1 atom stereocenters. The maximum absolute atomic E-state index is 12.4. The first-order valence-corrected chi connectivity index (χ1v) is 8.65. The topological polar surface area (TPSA) is 72.1 Å². The minimum Gasteiger partial charge on any atom is -0.490 e. The van der Waals surface area contributed by atoms with Crippen molar-refractivity contribution in [3.63, 3.8) is 0 Å². The zero-order chi connectivity index (χ0) is 18.6. The lowest BCUT2D eigenvalue weighted by molar-refractivity contribution is -0.143. The van der Waals surface area contributed by atoms with Gasteiger partial charge in [0.25, 0.3) is 0 Å². The van der Waals surface area contributed by atoms with E-state index in [0.717, 1.165) is 12.1 Å². The van der Waals surface area contributed by atoms with E-state index in [9.17, 15) is 13.2 Å². The second kappa shape index (κ2) is 8.03. The third-order valence-electron chi connectivity index (χ3n) is 4.31. The largest absolute Gasteiger partial charge is 0.490 e. The number of likely N-dealkylation sites (tertiary alicyclic amines) is 1. The van der Waals surface area contributed by atoms with Gasteiger partial charge in [-0.1, -0.05) is 0 Å². The maximum atomic E-state index is 12.4. The molecular formula is C17H23F3N4O2. The first-order valence-electron chi connectivity index (χ1n) is 8.65. The number of hydrogen-bond donors (Lipinski definition) is 2. The van der Waals surface area contributed by atoms with Crippen LogP contribution in [0, 0.1) is 5.92 Å². The van der Waals surface area contributed by atoms with Gasteiger partial charge in [-0.25, -0.2) is 0 Å². The Bertz CT molecular complexity index is 651. The Morgan fingerprint density at radius 1 is 1.27 bits per heavy atom. The Labute approximate surface area is 150 Å². The predicted octanol–water partition coefficient (Wildman–Crippen LogP) is 2.46. The zero-order valence-corrected chi connectivity index (χ0v) is 14.4. The van der Waals surface area contributed by atoms with Crippen LogP contribution in [0.5, 0.6) is 11.5 Å². The van der Waals surface area contributed by atoms with Gasteiger partial charge in [-0.2, -0.15) is 13.2 Å². The molecule has 0 saturated carbocycles. The van der Waals surface area contributed by atoms with Crippen LogP contribution in [0.2, 0.25) is 0 Å². The molecule has 0 aromatic heterocycles. The van der Waals surface area contributed by atoms with E-state index in [2.05, 4.69) is 10.3 Å². The maximum Gasteiger partial charge on any atom is 0.401 e. The number of nitrogens with one attached hydrogen (secondary N) is 1. The van der Waals surface area contributed by atoms with Gasteiger partial charge < -0.3 is 20.5 Å². The van der Waals surface area contributed by atoms with Gasteiger partial charge in [-0.3, -0.25) is 9.89 Å². The van der Waals surface area contributed by atoms with E-state index in [1.165, 1.54) is 4.90 Å². The van der Waals surface area contributed by atoms with Crippen molar-refractivity contribution in [1.29, 1.82) is 0 Å². The van der Waals surface area contributed by atoms with Crippen LogP contribution in [0.1, 0.15) is 12.8 Å². The van der Waals surface area contributed by atoms with Crippen molar-refractivity contribution < 1.29 is 22.6 Å². The number of guanidine groups is 1. The van der Waals surface area contributed by atoms with Crippen LogP contribution >= 0.6 is 0 Å². The summed E-state index contributed by atoms with van der Waals surface area (Å²) in [6.07, 6.45) is -2.64. The molecule has 1 aromatic rings. The summed E-state index contributed by atoms with van der Waals surface area (Å²) >= 11 is 0. The highest BCUT2D eigenvalue weighted by atomic mass is 19.4. The minimum atomic E-state index is -4.16. The van der Waals surface area contributed by atoms with Crippen LogP contribution in [0.15, 0.2) is 23.2 Å². The molecule has 1 saturated heterocycles. The summed E-state index contributed by atoms with van der Waals surface area (Å²) in [6, 6.07) is 5.42. The number of rotatable bonds is 4. The molecule has 1 aromatic carbocycles. The Morgan fingerprint density at radius 3 is 2.81 bits per heavy atom. The Morgan fingerprint density at radius 2 is 2.04 bits per heavy atom. The highest BCUT2D eigenvalue weighted by Crippen LogP contribution is 2.32. The molecule has 3 N–H and O–H groups in total. The minimum absolute atomic E-state index is 0.0847. The number of nitrogens with zero attached hydrogens (tertiary/aromatic N) is 2. The third kappa shape index (κ3) is 5.42. The Kier molecular flexibility index (Phi) is 5.75. The highest BCUT2D eigenvalue weighted by Gasteiger charge is 2.34. The van der Waals surface area contributed by atoms with Crippen molar-refractivity contribution in [1.82, 2.24) is 4.90 Å². The highest BCUT2D eigenvalue weighted by molar-refractivity contribution is 5.92. The second-order valence-corrected chi connectivity index (χ2v) is 6.57. The van der Waals surface area contributed by atoms with Crippen molar-refractivity contribution in [2.24, 2.45) is 16.6 Å². The summed E-state index contributed by atoms with van der Waals surface area (Å²) < 4.78 is 48.4. The van der Waals surface area contributed by atoms with E-state index in [1.807, 2.05) is 12.1 Å². The molecule has 144 valence electrons. The first kappa shape index (κ1) is 18.6. The molecule has 3 rings (SSSR count). The van der Waals surface area contributed by atoms with Crippen LogP contribution in [-0.4, -0.2) is 56.4 Å². The van der Waals surface area contributed by atoms with Gasteiger partial charge in [-0.15, -0.1) is 0 Å². The summed E-state index contributed by atoms with van der Waals surface area (Å²) in [4.78, 5) is 5.68. The molecule has 2 aliphatic rings. The van der Waals surface area contributed by atoms with E-state index in [1.54, 1.807) is 6.07 Å². The molecule has 0 bridgehead atoms. The summed E-state index contributed by atoms with van der Waals surface area (Å²) in [5.74, 6) is 1.66. The monoisotopic (exact) mass is 372 g/mol. The molecule has 1 unspecified atom stereocenters. The summed E-state index contributed by atoms with van der Waals surface area (Å²) in [5.41, 5.74) is 6.62. The molecule has 2 aliphatic heterocycles. The number of benzene rings is 1. The van der Waals surface area contributed by atoms with E-state index >= 15 is 0 Å². The van der Waals surface area contributed by atoms with Crippen LogP contribution in [-0.2, 0) is 0 Å². The lowest BCUT2D eigenvalue weighted by atomic mass is 10.1. The Hall–Kier alpha value is -2.16. The molecular weight excluding hydrogens is 349 g/mol. The molecule has 0 amide bonds. The average Bonchev–Trinajstić information content (AvgIpc) is 2.86. The van der Waals surface area contributed by atoms with Gasteiger partial charge in [0, 0.05) is 31.3 Å². The summed E-state index contributed by atoms with van der Waals surface area (Å²) in [7, 11) is 0. The van der Waals surface area contributed by atoms with Crippen molar-refractivity contribution in [3.8, 4) is 11.5 Å². The lowest BCUT2D eigenvalue weighted by Crippen LogP contribution is -2.32. The van der Waals surface area contributed by atoms with Crippen molar-refractivity contribution in [3.05, 3.63) is 18.2 Å². The van der Waals surface area contributed by atoms with Crippen LogP contribution in [0.3, 0.4) is 0 Å². The molecule has 0 spiro atoms. The van der Waals surface area contributed by atoms with Crippen molar-refractivity contribution in [2.75, 3.05) is 44.7 Å². The fourth-order valence-corrected chi connectivity index (χ4v) is 3.11. The third-order valence-corrected chi connectivity index (χ3v) is 4.31. The fourth-order valence-electron chi connectivity index (χ4n) is 3.11. The standard InChI is InChI=1S/C17H23F3N4O2/c18-17(19,20)11-24-5-4-12(10-24)9-22-16(21)23-13-2-3-14-15(8-13)26-7-1-6-25-14/h2-3,8,12H,1,4-7,9-11H2,(H3,21,22,23). The molecule has 26 heavy (non-hydrogen) atoms. The molecule has 0 radical (unpaired) electrons. The van der Waals surface area contributed by atoms with E-state index in [-0.39, 0.29) is 11.9 Å². The summed E-state index contributed by atoms with van der Waals surface area (Å²) in [5, 5.41) is 2.98. The second-order valence-electron chi connectivity index (χ2n) is 6.57. The number of ether oxygens (including phenoxy) is 2. The molecule has 6 nitrogen and oxygen atoms in total. The van der Waals surface area contributed by atoms with Gasteiger partial charge in [0.2, 0.25) is 0 Å². The van der Waals surface area contributed by atoms with Gasteiger partial charge >= 0.3 is 6.18 Å². The van der Waals surface area contributed by atoms with Crippen LogP contribution < -0.4 is 20.5 Å². The van der Waals surface area contributed by atoms with Crippen molar-refractivity contribution >= 4 is 11.6 Å². The van der Waals surface area contributed by atoms with Gasteiger partial charge in [0.1, 0.15) is 0 Å².